The molecule has 2 N–H and O–H groups in total. The number of anilines is 2. The molecule has 0 radical (unpaired) electrons. The van der Waals surface area contributed by atoms with E-state index in [1.165, 1.54) is 5.56 Å². The minimum atomic E-state index is -0.159. The molecule has 1 aromatic heterocycles. The van der Waals surface area contributed by atoms with Crippen LogP contribution in [0.2, 0.25) is 0 Å². The zero-order valence-electron chi connectivity index (χ0n) is 13.3. The molecule has 0 aliphatic carbocycles. The molecular formula is C20H19N3O. The van der Waals surface area contributed by atoms with Gasteiger partial charge in [0, 0.05) is 12.1 Å². The van der Waals surface area contributed by atoms with Crippen LogP contribution in [-0.2, 0) is 6.42 Å². The molecule has 24 heavy (non-hydrogen) atoms. The Balaban J connectivity index is 1.51. The number of aromatic nitrogens is 1. The Bertz CT molecular complexity index is 771. The van der Waals surface area contributed by atoms with E-state index >= 15 is 0 Å². The summed E-state index contributed by atoms with van der Waals surface area (Å²) in [6, 6.07) is 23.1. The number of hydrogen-bond acceptors (Lipinski definition) is 3. The normalized spacial score (nSPS) is 10.2. The number of benzene rings is 2. The highest BCUT2D eigenvalue weighted by Crippen LogP contribution is 2.11. The third-order valence-corrected chi connectivity index (χ3v) is 3.63. The van der Waals surface area contributed by atoms with Gasteiger partial charge in [-0.2, -0.15) is 0 Å². The van der Waals surface area contributed by atoms with Crippen molar-refractivity contribution in [2.45, 2.75) is 6.42 Å². The molecule has 0 aliphatic heterocycles. The summed E-state index contributed by atoms with van der Waals surface area (Å²) < 4.78 is 0. The molecule has 0 aliphatic rings. The molecule has 0 atom stereocenters. The fourth-order valence-corrected chi connectivity index (χ4v) is 2.35. The Morgan fingerprint density at radius 3 is 2.25 bits per heavy atom. The Labute approximate surface area is 141 Å². The highest BCUT2D eigenvalue weighted by molar-refractivity contribution is 6.03. The van der Waals surface area contributed by atoms with Gasteiger partial charge in [0.1, 0.15) is 5.82 Å². The number of carbonyl (C=O) groups excluding carboxylic acids is 1. The summed E-state index contributed by atoms with van der Waals surface area (Å²) in [5, 5.41) is 6.12. The number of hydrogen-bond donors (Lipinski definition) is 2. The van der Waals surface area contributed by atoms with E-state index in [2.05, 4.69) is 27.8 Å². The average Bonchev–Trinajstić information content (AvgIpc) is 2.65. The molecule has 0 bridgehead atoms. The summed E-state index contributed by atoms with van der Waals surface area (Å²) in [5.74, 6) is 0.380. The van der Waals surface area contributed by atoms with Gasteiger partial charge in [-0.1, -0.05) is 48.5 Å². The van der Waals surface area contributed by atoms with Gasteiger partial charge >= 0.3 is 0 Å². The van der Waals surface area contributed by atoms with Crippen LogP contribution in [0.15, 0.2) is 79.0 Å². The van der Waals surface area contributed by atoms with Crippen LogP contribution in [0.4, 0.5) is 11.5 Å². The minimum absolute atomic E-state index is 0.159. The van der Waals surface area contributed by atoms with E-state index in [1.807, 2.05) is 42.5 Å². The van der Waals surface area contributed by atoms with Crippen molar-refractivity contribution >= 4 is 17.4 Å². The third-order valence-electron chi connectivity index (χ3n) is 3.63. The summed E-state index contributed by atoms with van der Waals surface area (Å²) in [6.45, 7) is 0.835. The number of pyridine rings is 1. The van der Waals surface area contributed by atoms with Crippen molar-refractivity contribution in [3.63, 3.8) is 0 Å². The van der Waals surface area contributed by atoms with E-state index in [9.17, 15) is 4.79 Å². The quantitative estimate of drug-likeness (QED) is 0.723. The van der Waals surface area contributed by atoms with Gasteiger partial charge in [0.25, 0.3) is 5.91 Å². The fourth-order valence-electron chi connectivity index (χ4n) is 2.35. The SMILES string of the molecule is O=C(Nc1ccc(NCCc2ccccc2)cn1)c1ccccc1. The second-order valence-electron chi connectivity index (χ2n) is 5.41. The molecular weight excluding hydrogens is 298 g/mol. The number of rotatable bonds is 6. The molecule has 4 heteroatoms. The average molecular weight is 317 g/mol. The standard InChI is InChI=1S/C20H19N3O/c24-20(17-9-5-2-6-10-17)23-19-12-11-18(15-22-19)21-14-13-16-7-3-1-4-8-16/h1-12,15,21H,13-14H2,(H,22,23,24). The number of nitrogens with one attached hydrogen (secondary N) is 2. The van der Waals surface area contributed by atoms with Crippen molar-refractivity contribution in [3.8, 4) is 0 Å². The largest absolute Gasteiger partial charge is 0.383 e. The second kappa shape index (κ2) is 7.92. The number of nitrogens with zero attached hydrogens (tertiary/aromatic N) is 1. The molecule has 1 amide bonds. The Morgan fingerprint density at radius 1 is 0.875 bits per heavy atom. The van der Waals surface area contributed by atoms with E-state index in [1.54, 1.807) is 24.4 Å². The topological polar surface area (TPSA) is 54.0 Å². The lowest BCUT2D eigenvalue weighted by Gasteiger charge is -2.08. The van der Waals surface area contributed by atoms with Crippen LogP contribution >= 0.6 is 0 Å². The lowest BCUT2D eigenvalue weighted by molar-refractivity contribution is 0.102. The predicted octanol–water partition coefficient (Wildman–Crippen LogP) is 3.99. The van der Waals surface area contributed by atoms with Gasteiger partial charge in [-0.15, -0.1) is 0 Å². The van der Waals surface area contributed by atoms with Crippen molar-refractivity contribution in [3.05, 3.63) is 90.1 Å². The lowest BCUT2D eigenvalue weighted by atomic mass is 10.1. The maximum Gasteiger partial charge on any atom is 0.256 e. The van der Waals surface area contributed by atoms with Crippen molar-refractivity contribution < 1.29 is 4.79 Å². The summed E-state index contributed by atoms with van der Waals surface area (Å²) in [5.41, 5.74) is 2.85. The van der Waals surface area contributed by atoms with Gasteiger partial charge in [0.05, 0.1) is 11.9 Å². The van der Waals surface area contributed by atoms with E-state index in [0.29, 0.717) is 11.4 Å². The minimum Gasteiger partial charge on any atom is -0.383 e. The molecule has 0 unspecified atom stereocenters. The van der Waals surface area contributed by atoms with Crippen molar-refractivity contribution in [1.29, 1.82) is 0 Å². The van der Waals surface area contributed by atoms with Gasteiger partial charge in [0.15, 0.2) is 0 Å². The first-order valence-electron chi connectivity index (χ1n) is 7.91. The summed E-state index contributed by atoms with van der Waals surface area (Å²) in [6.07, 6.45) is 2.68. The van der Waals surface area contributed by atoms with Crippen LogP contribution in [0.3, 0.4) is 0 Å². The van der Waals surface area contributed by atoms with Crippen LogP contribution in [0, 0.1) is 0 Å². The Morgan fingerprint density at radius 2 is 1.58 bits per heavy atom. The molecule has 0 saturated carbocycles. The van der Waals surface area contributed by atoms with Crippen LogP contribution in [-0.4, -0.2) is 17.4 Å². The van der Waals surface area contributed by atoms with Crippen LogP contribution in [0.25, 0.3) is 0 Å². The number of carbonyl (C=O) groups is 1. The monoisotopic (exact) mass is 317 g/mol. The van der Waals surface area contributed by atoms with Crippen molar-refractivity contribution in [2.24, 2.45) is 0 Å². The van der Waals surface area contributed by atoms with Gasteiger partial charge in [0.2, 0.25) is 0 Å². The Hall–Kier alpha value is -3.14. The smallest absolute Gasteiger partial charge is 0.256 e. The van der Waals surface area contributed by atoms with Gasteiger partial charge < -0.3 is 10.6 Å². The summed E-state index contributed by atoms with van der Waals surface area (Å²) in [7, 11) is 0. The molecule has 0 spiro atoms. The van der Waals surface area contributed by atoms with Crippen molar-refractivity contribution in [2.75, 3.05) is 17.2 Å². The van der Waals surface area contributed by atoms with Gasteiger partial charge in [-0.3, -0.25) is 4.79 Å². The fraction of sp³-hybridized carbons (Fsp3) is 0.100. The third kappa shape index (κ3) is 4.43. The number of amides is 1. The van der Waals surface area contributed by atoms with E-state index < -0.39 is 0 Å². The summed E-state index contributed by atoms with van der Waals surface area (Å²) in [4.78, 5) is 16.3. The lowest BCUT2D eigenvalue weighted by Crippen LogP contribution is -2.13. The Kier molecular flexibility index (Phi) is 5.20. The maximum atomic E-state index is 12.1. The second-order valence-corrected chi connectivity index (χ2v) is 5.41. The highest BCUT2D eigenvalue weighted by Gasteiger charge is 2.05. The van der Waals surface area contributed by atoms with Gasteiger partial charge in [-0.05, 0) is 36.2 Å². The van der Waals surface area contributed by atoms with Gasteiger partial charge in [-0.25, -0.2) is 4.98 Å². The van der Waals surface area contributed by atoms with Crippen molar-refractivity contribution in [1.82, 2.24) is 4.98 Å². The maximum absolute atomic E-state index is 12.1. The van der Waals surface area contributed by atoms with Crippen LogP contribution < -0.4 is 10.6 Å². The van der Waals surface area contributed by atoms with Crippen LogP contribution in [0.5, 0.6) is 0 Å². The molecule has 3 rings (SSSR count). The first-order valence-corrected chi connectivity index (χ1v) is 7.91. The zero-order valence-corrected chi connectivity index (χ0v) is 13.3. The van der Waals surface area contributed by atoms with E-state index in [4.69, 9.17) is 0 Å². The first-order chi connectivity index (χ1) is 11.8. The molecule has 0 saturated heterocycles. The molecule has 4 nitrogen and oxygen atoms in total. The first kappa shape index (κ1) is 15.7. The predicted molar refractivity (Wildman–Crippen MR) is 97.3 cm³/mol. The molecule has 1 heterocycles. The molecule has 0 fully saturated rings. The summed E-state index contributed by atoms with van der Waals surface area (Å²) >= 11 is 0. The highest BCUT2D eigenvalue weighted by atomic mass is 16.1. The molecule has 120 valence electrons. The van der Waals surface area contributed by atoms with E-state index in [0.717, 1.165) is 18.7 Å². The molecule has 2 aromatic carbocycles. The van der Waals surface area contributed by atoms with E-state index in [-0.39, 0.29) is 5.91 Å². The molecule has 3 aromatic rings. The van der Waals surface area contributed by atoms with Crippen LogP contribution in [0.1, 0.15) is 15.9 Å². The zero-order chi connectivity index (χ0) is 16.6.